The van der Waals surface area contributed by atoms with Crippen LogP contribution < -0.4 is 4.74 Å². The van der Waals surface area contributed by atoms with Crippen LogP contribution in [0.1, 0.15) is 64.2 Å². The molecule has 5 rings (SSSR count). The van der Waals surface area contributed by atoms with E-state index in [0.29, 0.717) is 5.92 Å². The summed E-state index contributed by atoms with van der Waals surface area (Å²) in [5.41, 5.74) is 2.71. The molecule has 7 atom stereocenters. The molecule has 0 amide bonds. The SMILES string of the molecule is COc1ccc2c(c1C)C=CC13O[C@@]4(OC(C)(C)[C@@H](C)[C@H]4O)[C@@H](C)C1CC[C@]23C. The highest BCUT2D eigenvalue weighted by molar-refractivity contribution is 5.69. The van der Waals surface area contributed by atoms with Gasteiger partial charge in [-0.3, -0.25) is 0 Å². The third-order valence-corrected chi connectivity index (χ3v) is 9.12. The van der Waals surface area contributed by atoms with Gasteiger partial charge in [0, 0.05) is 23.2 Å². The summed E-state index contributed by atoms with van der Waals surface area (Å²) in [6, 6.07) is 4.30. The molecule has 2 heterocycles. The Kier molecular flexibility index (Phi) is 3.82. The first kappa shape index (κ1) is 19.6. The zero-order valence-electron chi connectivity index (χ0n) is 18.7. The average molecular weight is 399 g/mol. The standard InChI is InChI=1S/C25H34O4/c1-14-17-10-13-24-18(11-12-23(24,6)19(17)8-9-20(14)27-7)15(2)25(29-24)21(26)16(3)22(4,5)28-25/h8-10,13,15-16,18,21,26H,11-12H2,1-7H3/t15-,16-,18?,21+,23+,24?,25-/m0/s1. The molecule has 0 bridgehead atoms. The normalized spacial score (nSPS) is 46.6. The molecule has 158 valence electrons. The molecule has 2 aliphatic carbocycles. The monoisotopic (exact) mass is 398 g/mol. The van der Waals surface area contributed by atoms with Crippen LogP contribution in [0, 0.1) is 24.7 Å². The Hall–Kier alpha value is -1.36. The molecule has 1 N–H and O–H groups in total. The first-order valence-corrected chi connectivity index (χ1v) is 11.0. The molecular weight excluding hydrogens is 364 g/mol. The Labute approximate surface area is 174 Å². The van der Waals surface area contributed by atoms with Gasteiger partial charge in [-0.25, -0.2) is 0 Å². The highest BCUT2D eigenvalue weighted by atomic mass is 16.7. The molecule has 2 unspecified atom stereocenters. The van der Waals surface area contributed by atoms with Crippen molar-refractivity contribution in [2.75, 3.05) is 7.11 Å². The van der Waals surface area contributed by atoms with Crippen LogP contribution in [0.4, 0.5) is 0 Å². The Morgan fingerprint density at radius 2 is 1.83 bits per heavy atom. The van der Waals surface area contributed by atoms with Crippen LogP contribution in [0.25, 0.3) is 6.08 Å². The van der Waals surface area contributed by atoms with Crippen LogP contribution in [0.5, 0.6) is 5.75 Å². The van der Waals surface area contributed by atoms with Crippen molar-refractivity contribution >= 4 is 6.08 Å². The van der Waals surface area contributed by atoms with Gasteiger partial charge in [0.25, 0.3) is 0 Å². The Morgan fingerprint density at radius 1 is 1.10 bits per heavy atom. The van der Waals surface area contributed by atoms with E-state index in [0.717, 1.165) is 18.6 Å². The lowest BCUT2D eigenvalue weighted by Gasteiger charge is -2.46. The van der Waals surface area contributed by atoms with E-state index in [-0.39, 0.29) is 17.3 Å². The fourth-order valence-electron chi connectivity index (χ4n) is 6.97. The maximum atomic E-state index is 11.3. The highest BCUT2D eigenvalue weighted by Crippen LogP contribution is 2.69. The summed E-state index contributed by atoms with van der Waals surface area (Å²) in [5.74, 6) is 0.422. The number of aliphatic hydroxyl groups is 1. The summed E-state index contributed by atoms with van der Waals surface area (Å²) < 4.78 is 19.2. The van der Waals surface area contributed by atoms with Crippen molar-refractivity contribution in [1.29, 1.82) is 0 Å². The van der Waals surface area contributed by atoms with Crippen molar-refractivity contribution in [3.05, 3.63) is 34.9 Å². The number of aliphatic hydroxyl groups excluding tert-OH is 1. The minimum Gasteiger partial charge on any atom is -0.496 e. The quantitative estimate of drug-likeness (QED) is 0.751. The molecule has 1 saturated carbocycles. The van der Waals surface area contributed by atoms with E-state index in [4.69, 9.17) is 14.2 Å². The third kappa shape index (κ3) is 2.06. The maximum Gasteiger partial charge on any atom is 0.199 e. The molecule has 2 spiro atoms. The third-order valence-electron chi connectivity index (χ3n) is 9.12. The van der Waals surface area contributed by atoms with E-state index >= 15 is 0 Å². The smallest absolute Gasteiger partial charge is 0.199 e. The van der Waals surface area contributed by atoms with E-state index in [9.17, 15) is 5.11 Å². The van der Waals surface area contributed by atoms with Gasteiger partial charge in [-0.2, -0.15) is 0 Å². The molecule has 3 fully saturated rings. The van der Waals surface area contributed by atoms with Crippen molar-refractivity contribution in [2.24, 2.45) is 17.8 Å². The number of ether oxygens (including phenoxy) is 3. The van der Waals surface area contributed by atoms with Gasteiger partial charge in [-0.1, -0.05) is 39.0 Å². The van der Waals surface area contributed by atoms with E-state index in [2.05, 4.69) is 65.8 Å². The molecule has 2 aliphatic heterocycles. The molecule has 1 aromatic carbocycles. The van der Waals surface area contributed by atoms with Crippen LogP contribution in [0.3, 0.4) is 0 Å². The van der Waals surface area contributed by atoms with E-state index < -0.39 is 23.1 Å². The molecule has 4 aliphatic rings. The predicted octanol–water partition coefficient (Wildman–Crippen LogP) is 4.61. The van der Waals surface area contributed by atoms with Gasteiger partial charge in [-0.15, -0.1) is 0 Å². The second-order valence-corrected chi connectivity index (χ2v) is 10.5. The Morgan fingerprint density at radius 3 is 2.45 bits per heavy atom. The van der Waals surface area contributed by atoms with Crippen LogP contribution in [0.15, 0.2) is 18.2 Å². The molecule has 1 aromatic rings. The van der Waals surface area contributed by atoms with Crippen molar-refractivity contribution < 1.29 is 19.3 Å². The second kappa shape index (κ2) is 5.66. The van der Waals surface area contributed by atoms with Crippen LogP contribution in [0.2, 0.25) is 0 Å². The number of rotatable bonds is 1. The molecule has 4 nitrogen and oxygen atoms in total. The fraction of sp³-hybridized carbons (Fsp3) is 0.680. The van der Waals surface area contributed by atoms with Gasteiger partial charge in [0.05, 0.1) is 12.7 Å². The zero-order chi connectivity index (χ0) is 21.0. The van der Waals surface area contributed by atoms with Crippen LogP contribution in [-0.2, 0) is 14.9 Å². The summed E-state index contributed by atoms with van der Waals surface area (Å²) in [5, 5.41) is 11.3. The summed E-state index contributed by atoms with van der Waals surface area (Å²) in [4.78, 5) is 0. The number of benzene rings is 1. The van der Waals surface area contributed by atoms with Crippen molar-refractivity contribution in [3.63, 3.8) is 0 Å². The predicted molar refractivity (Wildman–Crippen MR) is 113 cm³/mol. The van der Waals surface area contributed by atoms with E-state index in [1.165, 1.54) is 16.7 Å². The lowest BCUT2D eigenvalue weighted by Crippen LogP contribution is -2.53. The molecule has 29 heavy (non-hydrogen) atoms. The molecular formula is C25H34O4. The maximum absolute atomic E-state index is 11.3. The Balaban J connectivity index is 1.66. The summed E-state index contributed by atoms with van der Waals surface area (Å²) in [7, 11) is 1.73. The number of fused-ring (bicyclic) bond motifs is 2. The first-order chi connectivity index (χ1) is 13.5. The van der Waals surface area contributed by atoms with Gasteiger partial charge in [0.1, 0.15) is 17.5 Å². The van der Waals surface area contributed by atoms with Crippen molar-refractivity contribution in [1.82, 2.24) is 0 Å². The van der Waals surface area contributed by atoms with Crippen LogP contribution in [-0.4, -0.2) is 35.3 Å². The van der Waals surface area contributed by atoms with Gasteiger partial charge >= 0.3 is 0 Å². The Bertz CT molecular complexity index is 904. The minimum atomic E-state index is -0.946. The largest absolute Gasteiger partial charge is 0.496 e. The zero-order valence-corrected chi connectivity index (χ0v) is 18.7. The van der Waals surface area contributed by atoms with Gasteiger partial charge < -0.3 is 19.3 Å². The van der Waals surface area contributed by atoms with E-state index in [1.54, 1.807) is 7.11 Å². The summed E-state index contributed by atoms with van der Waals surface area (Å²) in [6.45, 7) is 12.9. The number of hydrogen-bond acceptors (Lipinski definition) is 4. The second-order valence-electron chi connectivity index (χ2n) is 10.5. The first-order valence-electron chi connectivity index (χ1n) is 11.0. The number of hydrogen-bond donors (Lipinski definition) is 1. The van der Waals surface area contributed by atoms with E-state index in [1.807, 2.05) is 0 Å². The highest BCUT2D eigenvalue weighted by Gasteiger charge is 2.75. The topological polar surface area (TPSA) is 47.9 Å². The molecule has 4 heteroatoms. The van der Waals surface area contributed by atoms with Crippen LogP contribution >= 0.6 is 0 Å². The number of methoxy groups -OCH3 is 1. The summed E-state index contributed by atoms with van der Waals surface area (Å²) >= 11 is 0. The molecule has 0 aromatic heterocycles. The molecule has 0 radical (unpaired) electrons. The summed E-state index contributed by atoms with van der Waals surface area (Å²) in [6.07, 6.45) is 5.99. The van der Waals surface area contributed by atoms with Gasteiger partial charge in [0.2, 0.25) is 0 Å². The van der Waals surface area contributed by atoms with Crippen molar-refractivity contribution in [3.8, 4) is 5.75 Å². The van der Waals surface area contributed by atoms with Gasteiger partial charge in [-0.05, 0) is 56.4 Å². The lowest BCUT2D eigenvalue weighted by molar-refractivity contribution is -0.294. The average Bonchev–Trinajstić information content (AvgIpc) is 3.16. The fourth-order valence-corrected chi connectivity index (χ4v) is 6.97. The molecule has 2 saturated heterocycles. The minimum absolute atomic E-state index is 0.0118. The lowest BCUT2D eigenvalue weighted by atomic mass is 9.63. The van der Waals surface area contributed by atoms with Crippen molar-refractivity contribution in [2.45, 2.75) is 82.9 Å². The van der Waals surface area contributed by atoms with Gasteiger partial charge in [0.15, 0.2) is 5.79 Å².